The van der Waals surface area contributed by atoms with E-state index < -0.39 is 11.8 Å². The molecule has 0 atom stereocenters. The molecule has 1 aliphatic rings. The van der Waals surface area contributed by atoms with Gasteiger partial charge in [-0.15, -0.1) is 0 Å². The molecule has 2 rings (SSSR count). The predicted octanol–water partition coefficient (Wildman–Crippen LogP) is 2.25. The second kappa shape index (κ2) is 8.87. The van der Waals surface area contributed by atoms with Gasteiger partial charge >= 0.3 is 11.8 Å². The lowest BCUT2D eigenvalue weighted by molar-refractivity contribution is -0.145. The van der Waals surface area contributed by atoms with Crippen molar-refractivity contribution >= 4 is 11.8 Å². The van der Waals surface area contributed by atoms with Crippen LogP contribution in [0.2, 0.25) is 0 Å². The number of benzene rings is 1. The Hall–Kier alpha value is -2.82. The number of methoxy groups -OCH3 is 1. The molecule has 0 aliphatic carbocycles. The van der Waals surface area contributed by atoms with E-state index >= 15 is 0 Å². The number of allylic oxidation sites excluding steroid dienone is 1. The summed E-state index contributed by atoms with van der Waals surface area (Å²) in [4.78, 5) is 25.9. The highest BCUT2D eigenvalue weighted by Crippen LogP contribution is 2.19. The first-order valence-corrected chi connectivity index (χ1v) is 8.26. The number of carbonyl (C=O) groups is 2. The number of ether oxygens (including phenoxy) is 1. The third-order valence-electron chi connectivity index (χ3n) is 4.26. The number of carbonyl (C=O) groups excluding carboxylic acids is 2. The van der Waals surface area contributed by atoms with Gasteiger partial charge in [0.05, 0.1) is 7.11 Å². The zero-order chi connectivity index (χ0) is 18.2. The first-order valence-electron chi connectivity index (χ1n) is 8.26. The monoisotopic (exact) mass is 340 g/mol. The van der Waals surface area contributed by atoms with Crippen LogP contribution in [0.1, 0.15) is 12.0 Å². The maximum atomic E-state index is 12.3. The van der Waals surface area contributed by atoms with E-state index in [1.807, 2.05) is 24.3 Å². The smallest absolute Gasteiger partial charge is 0.312 e. The topological polar surface area (TPSA) is 58.6 Å². The van der Waals surface area contributed by atoms with Crippen LogP contribution in [0.4, 0.5) is 0 Å². The van der Waals surface area contributed by atoms with Gasteiger partial charge in [0.2, 0.25) is 0 Å². The number of hydrogen-bond donors (Lipinski definition) is 1. The van der Waals surface area contributed by atoms with Gasteiger partial charge in [0.15, 0.2) is 0 Å². The average molecular weight is 340 g/mol. The summed E-state index contributed by atoms with van der Waals surface area (Å²) < 4.78 is 5.11. The SMILES string of the molecule is C=CC1=C(C=C)CN(C(=O)C(=O)NCCc2ccc(OC)cc2)CC1. The van der Waals surface area contributed by atoms with Crippen LogP contribution in [-0.2, 0) is 16.0 Å². The van der Waals surface area contributed by atoms with Crippen molar-refractivity contribution in [3.8, 4) is 5.75 Å². The highest BCUT2D eigenvalue weighted by molar-refractivity contribution is 6.35. The van der Waals surface area contributed by atoms with Crippen LogP contribution in [0.3, 0.4) is 0 Å². The van der Waals surface area contributed by atoms with E-state index in [1.165, 1.54) is 0 Å². The summed E-state index contributed by atoms with van der Waals surface area (Å²) >= 11 is 0. The standard InChI is InChI=1S/C20H24N2O3/c1-4-16-11-13-22(14-17(16)5-2)20(24)19(23)21-12-10-15-6-8-18(25-3)9-7-15/h4-9H,1-2,10-14H2,3H3,(H,21,23). The summed E-state index contributed by atoms with van der Waals surface area (Å²) in [5, 5.41) is 2.69. The van der Waals surface area contributed by atoms with E-state index in [4.69, 9.17) is 4.74 Å². The molecule has 0 saturated heterocycles. The Morgan fingerprint density at radius 3 is 2.48 bits per heavy atom. The fourth-order valence-electron chi connectivity index (χ4n) is 2.74. The summed E-state index contributed by atoms with van der Waals surface area (Å²) in [6, 6.07) is 7.62. The molecule has 1 N–H and O–H groups in total. The minimum absolute atomic E-state index is 0.398. The molecule has 0 bridgehead atoms. The first kappa shape index (κ1) is 18.5. The van der Waals surface area contributed by atoms with Gasteiger partial charge in [0.1, 0.15) is 5.75 Å². The molecular formula is C20H24N2O3. The Bertz CT molecular complexity index is 689. The molecule has 2 amide bonds. The fraction of sp³-hybridized carbons (Fsp3) is 0.300. The van der Waals surface area contributed by atoms with Crippen molar-refractivity contribution in [1.29, 1.82) is 0 Å². The van der Waals surface area contributed by atoms with Crippen molar-refractivity contribution in [2.24, 2.45) is 0 Å². The Morgan fingerprint density at radius 1 is 1.20 bits per heavy atom. The molecule has 0 radical (unpaired) electrons. The van der Waals surface area contributed by atoms with Crippen molar-refractivity contribution in [3.63, 3.8) is 0 Å². The Morgan fingerprint density at radius 2 is 1.88 bits per heavy atom. The van der Waals surface area contributed by atoms with Crippen LogP contribution in [0.25, 0.3) is 0 Å². The fourth-order valence-corrected chi connectivity index (χ4v) is 2.74. The van der Waals surface area contributed by atoms with Crippen LogP contribution >= 0.6 is 0 Å². The van der Waals surface area contributed by atoms with Gasteiger partial charge in [0.25, 0.3) is 0 Å². The third-order valence-corrected chi connectivity index (χ3v) is 4.26. The molecule has 0 aromatic heterocycles. The van der Waals surface area contributed by atoms with Crippen molar-refractivity contribution in [2.75, 3.05) is 26.7 Å². The highest BCUT2D eigenvalue weighted by Gasteiger charge is 2.25. The maximum Gasteiger partial charge on any atom is 0.312 e. The Kier molecular flexibility index (Phi) is 6.57. The number of hydrogen-bond acceptors (Lipinski definition) is 3. The summed E-state index contributed by atoms with van der Waals surface area (Å²) in [6.07, 6.45) is 4.85. The van der Waals surface area contributed by atoms with E-state index in [9.17, 15) is 9.59 Å². The van der Waals surface area contributed by atoms with Gasteiger partial charge in [-0.05, 0) is 41.7 Å². The Labute approximate surface area is 148 Å². The van der Waals surface area contributed by atoms with E-state index in [0.29, 0.717) is 32.5 Å². The Balaban J connectivity index is 1.84. The molecule has 132 valence electrons. The number of nitrogens with zero attached hydrogens (tertiary/aromatic N) is 1. The second-order valence-corrected chi connectivity index (χ2v) is 5.79. The molecule has 5 heteroatoms. The molecule has 0 saturated carbocycles. The molecule has 0 spiro atoms. The first-order chi connectivity index (χ1) is 12.1. The summed E-state index contributed by atoms with van der Waals surface area (Å²) in [5.41, 5.74) is 3.10. The molecular weight excluding hydrogens is 316 g/mol. The summed E-state index contributed by atoms with van der Waals surface area (Å²) in [7, 11) is 1.62. The lowest BCUT2D eigenvalue weighted by Crippen LogP contribution is -2.46. The van der Waals surface area contributed by atoms with E-state index in [0.717, 1.165) is 22.5 Å². The minimum Gasteiger partial charge on any atom is -0.497 e. The molecule has 0 unspecified atom stereocenters. The molecule has 1 aliphatic heterocycles. The van der Waals surface area contributed by atoms with Crippen LogP contribution in [-0.4, -0.2) is 43.5 Å². The van der Waals surface area contributed by atoms with Crippen LogP contribution in [0.15, 0.2) is 60.7 Å². The van der Waals surface area contributed by atoms with Crippen molar-refractivity contribution in [2.45, 2.75) is 12.8 Å². The van der Waals surface area contributed by atoms with Crippen molar-refractivity contribution < 1.29 is 14.3 Å². The number of nitrogens with one attached hydrogen (secondary N) is 1. The quantitative estimate of drug-likeness (QED) is 0.808. The highest BCUT2D eigenvalue weighted by atomic mass is 16.5. The predicted molar refractivity (Wildman–Crippen MR) is 98.3 cm³/mol. The normalized spacial score (nSPS) is 14.0. The zero-order valence-corrected chi connectivity index (χ0v) is 14.6. The number of rotatable bonds is 6. The molecule has 1 heterocycles. The van der Waals surface area contributed by atoms with Gasteiger partial charge in [-0.3, -0.25) is 9.59 Å². The summed E-state index contributed by atoms with van der Waals surface area (Å²) in [6.45, 7) is 8.86. The second-order valence-electron chi connectivity index (χ2n) is 5.79. The molecule has 1 aromatic rings. The lowest BCUT2D eigenvalue weighted by atomic mass is 10.00. The van der Waals surface area contributed by atoms with E-state index in [1.54, 1.807) is 24.2 Å². The molecule has 0 fully saturated rings. The van der Waals surface area contributed by atoms with Crippen LogP contribution in [0.5, 0.6) is 5.75 Å². The van der Waals surface area contributed by atoms with Gasteiger partial charge in [-0.1, -0.05) is 37.4 Å². The average Bonchev–Trinajstić information content (AvgIpc) is 2.67. The lowest BCUT2D eigenvalue weighted by Gasteiger charge is -2.28. The molecule has 25 heavy (non-hydrogen) atoms. The maximum absolute atomic E-state index is 12.3. The van der Waals surface area contributed by atoms with Crippen molar-refractivity contribution in [1.82, 2.24) is 10.2 Å². The van der Waals surface area contributed by atoms with Gasteiger partial charge in [-0.25, -0.2) is 0 Å². The van der Waals surface area contributed by atoms with E-state index in [-0.39, 0.29) is 0 Å². The van der Waals surface area contributed by atoms with Gasteiger partial charge < -0.3 is 15.0 Å². The van der Waals surface area contributed by atoms with Crippen LogP contribution in [0, 0.1) is 0 Å². The molecule has 5 nitrogen and oxygen atoms in total. The van der Waals surface area contributed by atoms with Gasteiger partial charge in [0, 0.05) is 19.6 Å². The van der Waals surface area contributed by atoms with Crippen LogP contribution < -0.4 is 10.1 Å². The minimum atomic E-state index is -0.570. The zero-order valence-electron chi connectivity index (χ0n) is 14.6. The number of amides is 2. The molecule has 1 aromatic carbocycles. The van der Waals surface area contributed by atoms with Crippen molar-refractivity contribution in [3.05, 3.63) is 66.3 Å². The van der Waals surface area contributed by atoms with E-state index in [2.05, 4.69) is 18.5 Å². The third kappa shape index (κ3) is 4.83. The van der Waals surface area contributed by atoms with Gasteiger partial charge in [-0.2, -0.15) is 0 Å². The largest absolute Gasteiger partial charge is 0.497 e. The summed E-state index contributed by atoms with van der Waals surface area (Å²) in [5.74, 6) is -0.283.